The van der Waals surface area contributed by atoms with Crippen molar-refractivity contribution in [2.75, 3.05) is 19.0 Å². The van der Waals surface area contributed by atoms with Crippen LogP contribution in [0.2, 0.25) is 0 Å². The standard InChI is InChI=1S/C29H47NO6S.C6H12O2/c1-6-7-17-29(18-10-19-37(32,33)30-29)22(2)20-34-24-15-13-23(14-16-24)25-11-8-9-12-26(25)35-21-27(31)36-28(3,4)5;1-5(7)8-6(2,3)4/h8-9,11-12,22-24,30H,6-7,10,13-21H2,1-5H3;1-4H3. The van der Waals surface area contributed by atoms with E-state index in [-0.39, 0.29) is 41.9 Å². The second kappa shape index (κ2) is 17.1. The first-order valence-corrected chi connectivity index (χ1v) is 18.3. The van der Waals surface area contributed by atoms with Crippen LogP contribution < -0.4 is 9.46 Å². The van der Waals surface area contributed by atoms with Crippen LogP contribution >= 0.6 is 0 Å². The largest absolute Gasteiger partial charge is 0.482 e. The second-order valence-electron chi connectivity index (χ2n) is 14.6. The summed E-state index contributed by atoms with van der Waals surface area (Å²) >= 11 is 0. The Morgan fingerprint density at radius 1 is 1.00 bits per heavy atom. The molecule has 0 spiro atoms. The lowest BCUT2D eigenvalue weighted by Crippen LogP contribution is -2.57. The van der Waals surface area contributed by atoms with Crippen molar-refractivity contribution in [2.24, 2.45) is 5.92 Å². The Morgan fingerprint density at radius 2 is 1.62 bits per heavy atom. The van der Waals surface area contributed by atoms with Crippen LogP contribution in [-0.4, -0.2) is 62.2 Å². The van der Waals surface area contributed by atoms with Gasteiger partial charge in [0.1, 0.15) is 17.0 Å². The lowest BCUT2D eigenvalue weighted by atomic mass is 9.78. The van der Waals surface area contributed by atoms with E-state index in [9.17, 15) is 18.0 Å². The molecule has 1 saturated carbocycles. The van der Waals surface area contributed by atoms with Crippen LogP contribution in [-0.2, 0) is 33.8 Å². The molecule has 258 valence electrons. The Kier molecular flexibility index (Phi) is 14.8. The number of esters is 2. The van der Waals surface area contributed by atoms with Crippen LogP contribution in [0, 0.1) is 5.92 Å². The molecule has 1 aromatic rings. The van der Waals surface area contributed by atoms with Crippen molar-refractivity contribution in [1.82, 2.24) is 4.72 Å². The number of sulfonamides is 1. The number of rotatable bonds is 11. The fourth-order valence-corrected chi connectivity index (χ4v) is 7.77. The highest BCUT2D eigenvalue weighted by atomic mass is 32.2. The topological polar surface area (TPSA) is 117 Å². The summed E-state index contributed by atoms with van der Waals surface area (Å²) in [6.45, 7) is 17.2. The quantitative estimate of drug-likeness (QED) is 0.252. The molecule has 45 heavy (non-hydrogen) atoms. The Hall–Kier alpha value is -2.17. The number of para-hydroxylation sites is 1. The van der Waals surface area contributed by atoms with Crippen LogP contribution in [0.3, 0.4) is 0 Å². The van der Waals surface area contributed by atoms with Gasteiger partial charge in [-0.25, -0.2) is 17.9 Å². The number of nitrogens with one attached hydrogen (secondary N) is 1. The molecule has 0 amide bonds. The number of unbranched alkanes of at least 4 members (excludes halogenated alkanes) is 1. The zero-order valence-electron chi connectivity index (χ0n) is 29.2. The highest BCUT2D eigenvalue weighted by Gasteiger charge is 2.42. The van der Waals surface area contributed by atoms with Crippen molar-refractivity contribution < 1.29 is 37.0 Å². The molecule has 2 unspecified atom stereocenters. The van der Waals surface area contributed by atoms with E-state index in [1.807, 2.05) is 59.7 Å². The number of ether oxygens (including phenoxy) is 4. The van der Waals surface area contributed by atoms with Gasteiger partial charge in [0.2, 0.25) is 10.0 Å². The van der Waals surface area contributed by atoms with Gasteiger partial charge in [-0.2, -0.15) is 0 Å². The fourth-order valence-electron chi connectivity index (χ4n) is 6.12. The SMILES string of the molecule is CC(=O)OC(C)(C)C.CCCCC1(C(C)COC2CCC(c3ccccc3OCC(=O)OC(C)(C)C)CC2)CCCS(=O)(=O)N1. The van der Waals surface area contributed by atoms with Crippen molar-refractivity contribution in [2.45, 2.75) is 149 Å². The Bertz CT molecular complexity index is 1180. The second-order valence-corrected chi connectivity index (χ2v) is 16.5. The van der Waals surface area contributed by atoms with Gasteiger partial charge in [0.25, 0.3) is 0 Å². The summed E-state index contributed by atoms with van der Waals surface area (Å²) in [6, 6.07) is 7.95. The third kappa shape index (κ3) is 14.4. The number of benzene rings is 1. The minimum atomic E-state index is -3.22. The van der Waals surface area contributed by atoms with Crippen LogP contribution in [0.25, 0.3) is 0 Å². The maximum absolute atomic E-state index is 12.4. The highest BCUT2D eigenvalue weighted by molar-refractivity contribution is 7.89. The summed E-state index contributed by atoms with van der Waals surface area (Å²) in [6.07, 6.45) is 8.55. The molecule has 2 atom stereocenters. The maximum atomic E-state index is 12.4. The number of carbonyl (C=O) groups excluding carboxylic acids is 2. The summed E-state index contributed by atoms with van der Waals surface area (Å²) in [5.41, 5.74) is -0.124. The predicted molar refractivity (Wildman–Crippen MR) is 178 cm³/mol. The zero-order chi connectivity index (χ0) is 33.9. The van der Waals surface area contributed by atoms with Crippen LogP contribution in [0.15, 0.2) is 24.3 Å². The van der Waals surface area contributed by atoms with E-state index < -0.39 is 21.2 Å². The molecule has 10 heteroatoms. The molecule has 1 saturated heterocycles. The lowest BCUT2D eigenvalue weighted by molar-refractivity contribution is -0.157. The average Bonchev–Trinajstić information content (AvgIpc) is 2.92. The molecular weight excluding hydrogens is 594 g/mol. The van der Waals surface area contributed by atoms with E-state index in [0.717, 1.165) is 62.7 Å². The van der Waals surface area contributed by atoms with Crippen molar-refractivity contribution in [3.05, 3.63) is 29.8 Å². The molecule has 1 aromatic carbocycles. The van der Waals surface area contributed by atoms with Gasteiger partial charge >= 0.3 is 11.9 Å². The molecule has 2 fully saturated rings. The molecule has 1 aliphatic heterocycles. The van der Waals surface area contributed by atoms with Crippen molar-refractivity contribution in [3.8, 4) is 5.75 Å². The van der Waals surface area contributed by atoms with Crippen LogP contribution in [0.1, 0.15) is 132 Å². The van der Waals surface area contributed by atoms with E-state index in [1.54, 1.807) is 0 Å². The van der Waals surface area contributed by atoms with Crippen LogP contribution in [0.4, 0.5) is 0 Å². The van der Waals surface area contributed by atoms with Crippen molar-refractivity contribution in [1.29, 1.82) is 0 Å². The first kappa shape index (κ1) is 39.0. The number of hydrogen-bond acceptors (Lipinski definition) is 8. The molecule has 0 radical (unpaired) electrons. The molecule has 3 rings (SSSR count). The predicted octanol–water partition coefficient (Wildman–Crippen LogP) is 7.08. The number of hydrogen-bond donors (Lipinski definition) is 1. The maximum Gasteiger partial charge on any atom is 0.344 e. The molecule has 0 aromatic heterocycles. The van der Waals surface area contributed by atoms with Crippen LogP contribution in [0.5, 0.6) is 5.75 Å². The van der Waals surface area contributed by atoms with Crippen molar-refractivity contribution >= 4 is 22.0 Å². The zero-order valence-corrected chi connectivity index (χ0v) is 30.0. The average molecular weight is 654 g/mol. The Morgan fingerprint density at radius 3 is 2.16 bits per heavy atom. The molecule has 2 aliphatic rings. The van der Waals surface area contributed by atoms with Gasteiger partial charge in [-0.15, -0.1) is 0 Å². The van der Waals surface area contributed by atoms with E-state index in [4.69, 9.17) is 18.9 Å². The normalized spacial score (nSPS) is 24.0. The third-order valence-electron chi connectivity index (χ3n) is 8.14. The first-order valence-electron chi connectivity index (χ1n) is 16.6. The summed E-state index contributed by atoms with van der Waals surface area (Å²) in [5.74, 6) is 0.848. The lowest BCUT2D eigenvalue weighted by Gasteiger charge is -2.43. The van der Waals surface area contributed by atoms with Gasteiger partial charge in [0.15, 0.2) is 6.61 Å². The Balaban J connectivity index is 0.000000777. The Labute approximate surface area is 272 Å². The van der Waals surface area contributed by atoms with E-state index in [1.165, 1.54) is 6.92 Å². The third-order valence-corrected chi connectivity index (χ3v) is 9.69. The minimum Gasteiger partial charge on any atom is -0.482 e. The van der Waals surface area contributed by atoms with E-state index >= 15 is 0 Å². The first-order chi connectivity index (χ1) is 20.8. The number of carbonyl (C=O) groups is 2. The fraction of sp³-hybridized carbons (Fsp3) is 0.771. The van der Waals surface area contributed by atoms with Crippen molar-refractivity contribution in [3.63, 3.8) is 0 Å². The summed E-state index contributed by atoms with van der Waals surface area (Å²) in [4.78, 5) is 22.4. The molecular formula is C35H59NO8S. The van der Waals surface area contributed by atoms with Gasteiger partial charge in [-0.1, -0.05) is 44.9 Å². The summed E-state index contributed by atoms with van der Waals surface area (Å²) in [7, 11) is -3.22. The molecule has 1 N–H and O–H groups in total. The highest BCUT2D eigenvalue weighted by Crippen LogP contribution is 2.39. The molecule has 9 nitrogen and oxygen atoms in total. The van der Waals surface area contributed by atoms with Gasteiger partial charge in [-0.05, 0) is 110 Å². The summed E-state index contributed by atoms with van der Waals surface area (Å²) < 4.78 is 50.3. The monoisotopic (exact) mass is 653 g/mol. The van der Waals surface area contributed by atoms with Gasteiger partial charge in [0.05, 0.1) is 18.5 Å². The minimum absolute atomic E-state index is 0.103. The smallest absolute Gasteiger partial charge is 0.344 e. The summed E-state index contributed by atoms with van der Waals surface area (Å²) in [5, 5.41) is 0. The molecule has 1 aliphatic carbocycles. The van der Waals surface area contributed by atoms with Gasteiger partial charge < -0.3 is 18.9 Å². The van der Waals surface area contributed by atoms with Gasteiger partial charge in [-0.3, -0.25) is 4.79 Å². The van der Waals surface area contributed by atoms with E-state index in [2.05, 4.69) is 24.6 Å². The van der Waals surface area contributed by atoms with E-state index in [0.29, 0.717) is 18.9 Å². The van der Waals surface area contributed by atoms with Gasteiger partial charge in [0, 0.05) is 12.5 Å². The molecule has 0 bridgehead atoms. The molecule has 1 heterocycles.